The number of alkyl halides is 3. The van der Waals surface area contributed by atoms with Gasteiger partial charge in [0.1, 0.15) is 22.8 Å². The molecule has 3 aliphatic rings. The summed E-state index contributed by atoms with van der Waals surface area (Å²) in [5.41, 5.74) is 4.34. The quantitative estimate of drug-likeness (QED) is 0.0588. The van der Waals surface area contributed by atoms with Crippen molar-refractivity contribution in [2.75, 3.05) is 24.6 Å². The van der Waals surface area contributed by atoms with Gasteiger partial charge in [0, 0.05) is 23.3 Å². The van der Waals surface area contributed by atoms with Gasteiger partial charge in [0.05, 0.1) is 6.54 Å². The van der Waals surface area contributed by atoms with Crippen LogP contribution in [-0.2, 0) is 28.7 Å². The lowest BCUT2D eigenvalue weighted by Gasteiger charge is -2.49. The van der Waals surface area contributed by atoms with Crippen LogP contribution in [0.25, 0.3) is 0 Å². The standard InChI is InChI=1S/C22H17F3N6O7S2/c1-2-4-30-5-3-9(16(30)33)6-10-7-39-18-13(28-15(32)12(29-37)11-8-40-21(26)27-11)17(34)31(18)14(10)19(35)38-20(36)22(23,24)25/h1,6,8,13,18,37H,3-5,7H2,(H2,26,27)(H,28,32)/b9-6+,29-12-/t13-,18-/m1/s1. The second-order valence-electron chi connectivity index (χ2n) is 8.28. The zero-order chi connectivity index (χ0) is 29.4. The third-order valence-corrected chi connectivity index (χ3v) is 7.79. The summed E-state index contributed by atoms with van der Waals surface area (Å²) in [5.74, 6) is -4.77. The Labute approximate surface area is 230 Å². The van der Waals surface area contributed by atoms with E-state index in [1.807, 2.05) is 0 Å². The molecular formula is C22H17F3N6O7S2. The first-order valence-electron chi connectivity index (χ1n) is 11.1. The van der Waals surface area contributed by atoms with Crippen LogP contribution in [0.15, 0.2) is 33.5 Å². The number of amides is 3. The number of ether oxygens (including phenoxy) is 1. The zero-order valence-corrected chi connectivity index (χ0v) is 21.6. The summed E-state index contributed by atoms with van der Waals surface area (Å²) in [5, 5.41) is 14.9. The number of allylic oxidation sites excluding steroid dienone is 1. The van der Waals surface area contributed by atoms with Crippen molar-refractivity contribution in [2.45, 2.75) is 24.0 Å². The molecule has 0 aliphatic carbocycles. The van der Waals surface area contributed by atoms with E-state index in [1.54, 1.807) is 0 Å². The molecule has 0 unspecified atom stereocenters. The Morgan fingerprint density at radius 3 is 2.70 bits per heavy atom. The number of halogens is 3. The smallest absolute Gasteiger partial charge is 0.410 e. The highest BCUT2D eigenvalue weighted by Gasteiger charge is 2.55. The van der Waals surface area contributed by atoms with Crippen LogP contribution < -0.4 is 11.1 Å². The number of nitrogens with two attached hydrogens (primary N) is 1. The average molecular weight is 599 g/mol. The highest BCUT2D eigenvalue weighted by atomic mass is 32.2. The fourth-order valence-electron chi connectivity index (χ4n) is 4.02. The van der Waals surface area contributed by atoms with E-state index in [0.29, 0.717) is 0 Å². The summed E-state index contributed by atoms with van der Waals surface area (Å²) in [6.07, 6.45) is 1.20. The van der Waals surface area contributed by atoms with E-state index in [4.69, 9.17) is 12.2 Å². The van der Waals surface area contributed by atoms with Crippen LogP contribution in [0.1, 0.15) is 12.1 Å². The molecule has 40 heavy (non-hydrogen) atoms. The number of nitrogens with zero attached hydrogens (tertiary/aromatic N) is 4. The number of anilines is 1. The van der Waals surface area contributed by atoms with Crippen molar-refractivity contribution in [1.82, 2.24) is 20.1 Å². The van der Waals surface area contributed by atoms with Crippen LogP contribution in [0.3, 0.4) is 0 Å². The van der Waals surface area contributed by atoms with Gasteiger partial charge in [0.15, 0.2) is 10.8 Å². The summed E-state index contributed by atoms with van der Waals surface area (Å²) in [7, 11) is 0. The lowest BCUT2D eigenvalue weighted by molar-refractivity contribution is -0.201. The zero-order valence-electron chi connectivity index (χ0n) is 19.9. The second-order valence-corrected chi connectivity index (χ2v) is 10.3. The Bertz CT molecular complexity index is 1440. The van der Waals surface area contributed by atoms with Gasteiger partial charge in [0.2, 0.25) is 0 Å². The number of hydrogen-bond acceptors (Lipinski definition) is 12. The summed E-state index contributed by atoms with van der Waals surface area (Å²) in [4.78, 5) is 68.4. The highest BCUT2D eigenvalue weighted by molar-refractivity contribution is 8.00. The molecule has 18 heteroatoms. The number of thioether (sulfide) groups is 1. The van der Waals surface area contributed by atoms with Crippen molar-refractivity contribution in [3.63, 3.8) is 0 Å². The van der Waals surface area contributed by atoms with Gasteiger partial charge in [-0.1, -0.05) is 11.1 Å². The minimum Gasteiger partial charge on any atom is -0.410 e. The van der Waals surface area contributed by atoms with Crippen LogP contribution in [0.2, 0.25) is 0 Å². The number of terminal acetylenes is 1. The molecule has 3 aliphatic heterocycles. The lowest BCUT2D eigenvalue weighted by Crippen LogP contribution is -2.71. The van der Waals surface area contributed by atoms with Crippen molar-refractivity contribution in [3.05, 3.63) is 34.0 Å². The van der Waals surface area contributed by atoms with Crippen molar-refractivity contribution in [2.24, 2.45) is 5.16 Å². The van der Waals surface area contributed by atoms with Crippen molar-refractivity contribution < 1.29 is 47.1 Å². The molecule has 4 heterocycles. The molecular weight excluding hydrogens is 581 g/mol. The van der Waals surface area contributed by atoms with E-state index in [0.717, 1.165) is 28.0 Å². The molecule has 3 amide bonds. The van der Waals surface area contributed by atoms with Crippen molar-refractivity contribution in [3.8, 4) is 12.3 Å². The molecule has 0 saturated carbocycles. The minimum absolute atomic E-state index is 0.0135. The number of nitrogens with one attached hydrogen (secondary N) is 1. The highest BCUT2D eigenvalue weighted by Crippen LogP contribution is 2.42. The van der Waals surface area contributed by atoms with E-state index in [9.17, 15) is 42.4 Å². The number of likely N-dealkylation sites (tertiary alicyclic amines) is 1. The number of carbonyl (C=O) groups is 5. The molecule has 2 saturated heterocycles. The van der Waals surface area contributed by atoms with Gasteiger partial charge in [-0.15, -0.1) is 29.5 Å². The number of oxime groups is 1. The van der Waals surface area contributed by atoms with Gasteiger partial charge >= 0.3 is 18.1 Å². The molecule has 4 rings (SSSR count). The molecule has 2 fully saturated rings. The first-order chi connectivity index (χ1) is 18.9. The largest absolute Gasteiger partial charge is 0.491 e. The predicted molar refractivity (Wildman–Crippen MR) is 132 cm³/mol. The van der Waals surface area contributed by atoms with Gasteiger partial charge < -0.3 is 25.9 Å². The predicted octanol–water partition coefficient (Wildman–Crippen LogP) is -0.0184. The summed E-state index contributed by atoms with van der Waals surface area (Å²) >= 11 is 1.97. The van der Waals surface area contributed by atoms with Crippen LogP contribution in [-0.4, -0.2) is 91.8 Å². The topological polar surface area (TPSA) is 185 Å². The Kier molecular flexibility index (Phi) is 7.88. The molecule has 0 spiro atoms. The third-order valence-electron chi connectivity index (χ3n) is 5.82. The Hall–Kier alpha value is -4.37. The Morgan fingerprint density at radius 2 is 2.10 bits per heavy atom. The number of hydrogen-bond donors (Lipinski definition) is 3. The van der Waals surface area contributed by atoms with E-state index in [2.05, 4.69) is 26.1 Å². The van der Waals surface area contributed by atoms with E-state index in [-0.39, 0.29) is 47.2 Å². The normalized spacial score (nSPS) is 22.1. The number of esters is 2. The number of nitrogen functional groups attached to an aromatic ring is 1. The number of thiazole rings is 1. The summed E-state index contributed by atoms with van der Waals surface area (Å²) in [6.45, 7) is 0.278. The minimum atomic E-state index is -5.50. The second kappa shape index (κ2) is 11.0. The third kappa shape index (κ3) is 5.37. The fourth-order valence-corrected chi connectivity index (χ4v) is 5.88. The first kappa shape index (κ1) is 28.6. The number of aromatic nitrogens is 1. The SMILES string of the molecule is C#CCN1CC/C(=C\C2=C(C(=O)OC(=O)C(F)(F)F)N3C(=O)[C@@H](NC(=O)/C(=N\O)c4csc(N)n4)[C@H]3SC2)C1=O. The molecule has 0 bridgehead atoms. The maximum absolute atomic E-state index is 13.1. The van der Waals surface area contributed by atoms with Gasteiger partial charge in [-0.05, 0) is 18.1 Å². The van der Waals surface area contributed by atoms with Gasteiger partial charge in [-0.25, -0.2) is 14.6 Å². The van der Waals surface area contributed by atoms with E-state index >= 15 is 0 Å². The van der Waals surface area contributed by atoms with E-state index < -0.39 is 58.7 Å². The van der Waals surface area contributed by atoms with Gasteiger partial charge in [-0.2, -0.15) is 13.2 Å². The fraction of sp³-hybridized carbons (Fsp3) is 0.318. The number of rotatable bonds is 6. The first-order valence-corrected chi connectivity index (χ1v) is 13.0. The molecule has 0 aromatic carbocycles. The maximum atomic E-state index is 13.1. The van der Waals surface area contributed by atoms with Gasteiger partial charge in [-0.3, -0.25) is 19.3 Å². The summed E-state index contributed by atoms with van der Waals surface area (Å²) in [6, 6.07) is -1.31. The lowest BCUT2D eigenvalue weighted by atomic mass is 10.0. The van der Waals surface area contributed by atoms with Crippen molar-refractivity contribution >= 4 is 63.6 Å². The van der Waals surface area contributed by atoms with Crippen LogP contribution in [0.5, 0.6) is 0 Å². The van der Waals surface area contributed by atoms with Crippen LogP contribution in [0.4, 0.5) is 18.3 Å². The molecule has 1 aromatic rings. The summed E-state index contributed by atoms with van der Waals surface area (Å²) < 4.78 is 42.4. The molecule has 2 atom stereocenters. The number of carbonyl (C=O) groups excluding carboxylic acids is 5. The van der Waals surface area contributed by atoms with Crippen molar-refractivity contribution in [1.29, 1.82) is 0 Å². The average Bonchev–Trinajstić information content (AvgIpc) is 3.47. The number of fused-ring (bicyclic) bond motifs is 1. The molecule has 4 N–H and O–H groups in total. The van der Waals surface area contributed by atoms with E-state index in [1.165, 1.54) is 16.4 Å². The maximum Gasteiger partial charge on any atom is 0.491 e. The number of β-lactam (4-membered cyclic amide) rings is 1. The molecule has 13 nitrogen and oxygen atoms in total. The monoisotopic (exact) mass is 598 g/mol. The Morgan fingerprint density at radius 1 is 1.38 bits per heavy atom. The van der Waals surface area contributed by atoms with Crippen LogP contribution >= 0.6 is 23.1 Å². The molecule has 210 valence electrons. The molecule has 0 radical (unpaired) electrons. The van der Waals surface area contributed by atoms with Gasteiger partial charge in [0.25, 0.3) is 17.7 Å². The Balaban J connectivity index is 1.62. The van der Waals surface area contributed by atoms with Crippen LogP contribution in [0, 0.1) is 12.3 Å². The molecule has 1 aromatic heterocycles.